The lowest BCUT2D eigenvalue weighted by molar-refractivity contribution is 0.0615. The zero-order valence-electron chi connectivity index (χ0n) is 31.0. The van der Waals surface area contributed by atoms with Gasteiger partial charge in [0.1, 0.15) is 11.6 Å². The number of hydrogen-bond acceptors (Lipinski definition) is 12. The van der Waals surface area contributed by atoms with Gasteiger partial charge in [0.15, 0.2) is 21.9 Å². The Morgan fingerprint density at radius 3 is 1.36 bits per heavy atom. The lowest BCUT2D eigenvalue weighted by Crippen LogP contribution is -2.48. The second kappa shape index (κ2) is 19.6. The van der Waals surface area contributed by atoms with Crippen molar-refractivity contribution in [1.29, 1.82) is 0 Å². The number of rotatable bonds is 10. The number of aromatic nitrogens is 4. The predicted molar refractivity (Wildman–Crippen MR) is 224 cm³/mol. The monoisotopic (exact) mass is 862 g/mol. The Bertz CT molecular complexity index is 2150. The van der Waals surface area contributed by atoms with Crippen LogP contribution in [0.2, 0.25) is 10.0 Å². The van der Waals surface area contributed by atoms with Crippen LogP contribution in [0.1, 0.15) is 32.1 Å². The van der Waals surface area contributed by atoms with Crippen LogP contribution in [0.3, 0.4) is 0 Å². The minimum atomic E-state index is -0.657. The van der Waals surface area contributed by atoms with E-state index in [1.807, 2.05) is 47.2 Å². The molecule has 0 radical (unpaired) electrons. The topological polar surface area (TPSA) is 123 Å². The first-order valence-electron chi connectivity index (χ1n) is 18.4. The third kappa shape index (κ3) is 10.7. The SMILES string of the molecule is O=C(c1cccc(Cl)c1F)N1CCN(Cc2cccc(Nc3nccs3)n2)CC1.O=C(c1cccc(Cl)c1F)N1CCN(Cc2cccc(Nc3nccs3)n2)CC1. The quantitative estimate of drug-likeness (QED) is 0.140. The summed E-state index contributed by atoms with van der Waals surface area (Å²) in [6.07, 6.45) is 3.49. The fourth-order valence-electron chi connectivity index (χ4n) is 6.42. The Morgan fingerprint density at radius 1 is 0.586 bits per heavy atom. The van der Waals surface area contributed by atoms with Crippen molar-refractivity contribution >= 4 is 79.6 Å². The largest absolute Gasteiger partial charge is 0.336 e. The van der Waals surface area contributed by atoms with E-state index in [1.165, 1.54) is 46.9 Å². The zero-order chi connectivity index (χ0) is 40.4. The van der Waals surface area contributed by atoms with E-state index in [0.29, 0.717) is 65.4 Å². The van der Waals surface area contributed by atoms with Gasteiger partial charge in [-0.25, -0.2) is 28.7 Å². The van der Waals surface area contributed by atoms with Gasteiger partial charge < -0.3 is 20.4 Å². The molecule has 58 heavy (non-hydrogen) atoms. The normalized spacial score (nSPS) is 14.8. The molecule has 18 heteroatoms. The van der Waals surface area contributed by atoms with Crippen molar-refractivity contribution in [1.82, 2.24) is 39.5 Å². The van der Waals surface area contributed by atoms with Crippen molar-refractivity contribution in [3.63, 3.8) is 0 Å². The summed E-state index contributed by atoms with van der Waals surface area (Å²) < 4.78 is 28.3. The lowest BCUT2D eigenvalue weighted by Gasteiger charge is -2.34. The number of anilines is 4. The van der Waals surface area contributed by atoms with Gasteiger partial charge in [0.2, 0.25) is 0 Å². The maximum atomic E-state index is 14.1. The van der Waals surface area contributed by atoms with Crippen LogP contribution in [0.15, 0.2) is 96.0 Å². The Balaban J connectivity index is 0.000000177. The van der Waals surface area contributed by atoms with E-state index in [9.17, 15) is 18.4 Å². The third-order valence-electron chi connectivity index (χ3n) is 9.40. The number of hydrogen-bond donors (Lipinski definition) is 2. The molecule has 0 aliphatic carbocycles. The van der Waals surface area contributed by atoms with Crippen molar-refractivity contribution in [2.75, 3.05) is 63.0 Å². The molecule has 0 bridgehead atoms. The molecular weight excluding hydrogens is 826 g/mol. The fraction of sp³-hybridized carbons (Fsp3) is 0.250. The molecule has 0 atom stereocenters. The maximum absolute atomic E-state index is 14.1. The van der Waals surface area contributed by atoms with Crippen LogP contribution in [-0.4, -0.2) is 104 Å². The zero-order valence-corrected chi connectivity index (χ0v) is 34.2. The number of carbonyl (C=O) groups is 2. The average Bonchev–Trinajstić information content (AvgIpc) is 3.96. The number of nitrogens with zero attached hydrogens (tertiary/aromatic N) is 8. The van der Waals surface area contributed by atoms with Gasteiger partial charge in [-0.05, 0) is 48.5 Å². The summed E-state index contributed by atoms with van der Waals surface area (Å²) in [5.74, 6) is -0.453. The number of halogens is 4. The van der Waals surface area contributed by atoms with Gasteiger partial charge in [-0.1, -0.05) is 47.5 Å². The number of pyridine rings is 2. The molecule has 4 aromatic heterocycles. The molecule has 6 heterocycles. The van der Waals surface area contributed by atoms with E-state index in [2.05, 4.69) is 40.4 Å². The molecule has 0 saturated carbocycles. The first kappa shape index (κ1) is 41.1. The molecule has 2 amide bonds. The number of piperazine rings is 2. The number of carbonyl (C=O) groups excluding carboxylic acids is 2. The molecule has 2 aromatic carbocycles. The number of amides is 2. The summed E-state index contributed by atoms with van der Waals surface area (Å²) in [5, 5.41) is 11.7. The van der Waals surface area contributed by atoms with Crippen molar-refractivity contribution in [3.8, 4) is 0 Å². The summed E-state index contributed by atoms with van der Waals surface area (Å²) in [6.45, 7) is 6.26. The summed E-state index contributed by atoms with van der Waals surface area (Å²) in [5.41, 5.74) is 1.92. The fourth-order valence-corrected chi connectivity index (χ4v) is 7.84. The highest BCUT2D eigenvalue weighted by atomic mass is 35.5. The van der Waals surface area contributed by atoms with Crippen molar-refractivity contribution in [2.45, 2.75) is 13.1 Å². The van der Waals surface area contributed by atoms with Crippen LogP contribution in [-0.2, 0) is 13.1 Å². The second-order valence-corrected chi connectivity index (χ2v) is 15.9. The first-order valence-corrected chi connectivity index (χ1v) is 20.9. The van der Waals surface area contributed by atoms with E-state index in [-0.39, 0.29) is 33.0 Å². The molecule has 2 aliphatic heterocycles. The van der Waals surface area contributed by atoms with Crippen molar-refractivity contribution < 1.29 is 18.4 Å². The van der Waals surface area contributed by atoms with E-state index in [4.69, 9.17) is 23.2 Å². The molecular formula is C40H38Cl2F2N10O2S2. The van der Waals surface area contributed by atoms with Gasteiger partial charge in [0.25, 0.3) is 11.8 Å². The minimum Gasteiger partial charge on any atom is -0.336 e. The van der Waals surface area contributed by atoms with Crippen LogP contribution in [0.4, 0.5) is 30.7 Å². The molecule has 8 rings (SSSR count). The first-order chi connectivity index (χ1) is 28.2. The van der Waals surface area contributed by atoms with Gasteiger partial charge in [-0.15, -0.1) is 22.7 Å². The molecule has 2 aliphatic rings. The molecule has 2 N–H and O–H groups in total. The summed E-state index contributed by atoms with van der Waals surface area (Å²) >= 11 is 14.6. The van der Waals surface area contributed by atoms with Crippen LogP contribution in [0.5, 0.6) is 0 Å². The highest BCUT2D eigenvalue weighted by Gasteiger charge is 2.26. The predicted octanol–water partition coefficient (Wildman–Crippen LogP) is 8.06. The maximum Gasteiger partial charge on any atom is 0.256 e. The number of benzene rings is 2. The summed E-state index contributed by atoms with van der Waals surface area (Å²) in [4.78, 5) is 50.7. The van der Waals surface area contributed by atoms with Crippen molar-refractivity contribution in [3.05, 3.63) is 140 Å². The van der Waals surface area contributed by atoms with Crippen LogP contribution >= 0.6 is 45.9 Å². The van der Waals surface area contributed by atoms with Crippen LogP contribution < -0.4 is 10.6 Å². The standard InChI is InChI=1S/2C20H19ClFN5OS/c2*21-16-5-2-4-15(18(16)22)19(28)27-10-8-26(9-11-27)13-14-3-1-6-17(24-14)25-20-23-7-12-29-20/h2*1-7,12H,8-11,13H2,(H,23,24,25). The van der Waals surface area contributed by atoms with Gasteiger partial charge in [0.05, 0.1) is 32.6 Å². The molecule has 2 fully saturated rings. The highest BCUT2D eigenvalue weighted by molar-refractivity contribution is 7.13. The Kier molecular flexibility index (Phi) is 13.9. The van der Waals surface area contributed by atoms with Gasteiger partial charge in [-0.3, -0.25) is 19.4 Å². The van der Waals surface area contributed by atoms with Crippen LogP contribution in [0, 0.1) is 11.6 Å². The number of nitrogens with one attached hydrogen (secondary N) is 2. The molecule has 6 aromatic rings. The molecule has 0 unspecified atom stereocenters. The van der Waals surface area contributed by atoms with Crippen molar-refractivity contribution in [2.24, 2.45) is 0 Å². The van der Waals surface area contributed by atoms with Gasteiger partial charge >= 0.3 is 0 Å². The molecule has 12 nitrogen and oxygen atoms in total. The van der Waals surface area contributed by atoms with Gasteiger partial charge in [-0.2, -0.15) is 0 Å². The van der Waals surface area contributed by atoms with Crippen LogP contribution in [0.25, 0.3) is 0 Å². The summed E-state index contributed by atoms with van der Waals surface area (Å²) in [6, 6.07) is 20.7. The second-order valence-electron chi connectivity index (χ2n) is 13.3. The molecule has 300 valence electrons. The number of thiazole rings is 2. The Labute approximate surface area is 352 Å². The molecule has 0 spiro atoms. The lowest BCUT2D eigenvalue weighted by atomic mass is 10.1. The Morgan fingerprint density at radius 2 is 0.983 bits per heavy atom. The van der Waals surface area contributed by atoms with E-state index in [1.54, 1.807) is 34.3 Å². The van der Waals surface area contributed by atoms with E-state index in [0.717, 1.165) is 33.3 Å². The minimum absolute atomic E-state index is 0.0218. The third-order valence-corrected chi connectivity index (χ3v) is 11.4. The highest BCUT2D eigenvalue weighted by Crippen LogP contribution is 2.23. The van der Waals surface area contributed by atoms with E-state index >= 15 is 0 Å². The molecule has 2 saturated heterocycles. The van der Waals surface area contributed by atoms with E-state index < -0.39 is 11.6 Å². The summed E-state index contributed by atoms with van der Waals surface area (Å²) in [7, 11) is 0. The van der Waals surface area contributed by atoms with Gasteiger partial charge in [0, 0.05) is 88.6 Å². The Hall–Kier alpha value is -5.10. The average molecular weight is 864 g/mol. The smallest absolute Gasteiger partial charge is 0.256 e.